The van der Waals surface area contributed by atoms with Crippen molar-refractivity contribution in [3.8, 4) is 12.1 Å². The summed E-state index contributed by atoms with van der Waals surface area (Å²) in [4.78, 5) is 25.7. The first kappa shape index (κ1) is 13.6. The molecule has 108 valence electrons. The summed E-state index contributed by atoms with van der Waals surface area (Å²) in [5.74, 6) is 0.0327. The first-order valence-electron chi connectivity index (χ1n) is 7.07. The minimum absolute atomic E-state index is 0.0291. The van der Waals surface area contributed by atoms with E-state index in [0.717, 1.165) is 35.5 Å². The van der Waals surface area contributed by atoms with E-state index in [1.807, 2.05) is 12.1 Å². The van der Waals surface area contributed by atoms with E-state index in [0.29, 0.717) is 15.3 Å². The van der Waals surface area contributed by atoms with Gasteiger partial charge in [-0.2, -0.15) is 10.5 Å². The highest BCUT2D eigenvalue weighted by Gasteiger charge is 2.51. The summed E-state index contributed by atoms with van der Waals surface area (Å²) in [6.45, 7) is 0. The third-order valence-electron chi connectivity index (χ3n) is 4.92. The largest absolute Gasteiger partial charge is 0.293 e. The van der Waals surface area contributed by atoms with Crippen LogP contribution in [0.2, 0.25) is 0 Å². The molecular weight excluding hydrogens is 316 g/mol. The number of fused-ring (bicyclic) bond motifs is 2. The highest BCUT2D eigenvalue weighted by molar-refractivity contribution is 7.29. The number of carbonyl (C=O) groups is 1. The van der Waals surface area contributed by atoms with Crippen molar-refractivity contribution in [2.24, 2.45) is 23.7 Å². The van der Waals surface area contributed by atoms with Crippen molar-refractivity contribution < 1.29 is 4.79 Å². The van der Waals surface area contributed by atoms with Crippen LogP contribution in [0.15, 0.2) is 22.5 Å². The summed E-state index contributed by atoms with van der Waals surface area (Å²) in [6, 6.07) is 3.94. The molecular formula is C16H10N2O2S2. The molecule has 1 aromatic rings. The maximum Gasteiger partial charge on any atom is 0.288 e. The molecule has 0 saturated heterocycles. The molecule has 0 radical (unpaired) electrons. The topological polar surface area (TPSA) is 81.7 Å². The molecule has 4 nitrogen and oxygen atoms in total. The van der Waals surface area contributed by atoms with Crippen LogP contribution in [-0.2, 0) is 0 Å². The monoisotopic (exact) mass is 326 g/mol. The summed E-state index contributed by atoms with van der Waals surface area (Å²) in [7, 11) is 0. The fraction of sp³-hybridized carbons (Fsp3) is 0.375. The summed E-state index contributed by atoms with van der Waals surface area (Å²) in [5, 5.41) is 18.7. The summed E-state index contributed by atoms with van der Waals surface area (Å²) in [5.41, 5.74) is 0.700. The normalized spacial score (nSPS) is 31.2. The van der Waals surface area contributed by atoms with Gasteiger partial charge in [-0.15, -0.1) is 0 Å². The van der Waals surface area contributed by atoms with Crippen LogP contribution in [0, 0.1) is 46.3 Å². The Morgan fingerprint density at radius 2 is 1.59 bits per heavy atom. The van der Waals surface area contributed by atoms with Crippen molar-refractivity contribution in [3.05, 3.63) is 36.3 Å². The van der Waals surface area contributed by atoms with Gasteiger partial charge in [0.15, 0.2) is 5.78 Å². The molecule has 4 atom stereocenters. The Labute approximate surface area is 134 Å². The number of Topliss-reactive ketones (excluding diaryl/α,β-unsaturated/α-hetero) is 1. The Bertz CT molecular complexity index is 874. The van der Waals surface area contributed by atoms with E-state index in [-0.39, 0.29) is 39.1 Å². The number of hydrogen-bond acceptors (Lipinski definition) is 6. The molecule has 0 aromatic carbocycles. The van der Waals surface area contributed by atoms with Gasteiger partial charge in [0, 0.05) is 17.4 Å². The maximum absolute atomic E-state index is 12.9. The van der Waals surface area contributed by atoms with Crippen molar-refractivity contribution in [3.63, 3.8) is 0 Å². The summed E-state index contributed by atoms with van der Waals surface area (Å²) in [6.07, 6.45) is 6.15. The van der Waals surface area contributed by atoms with Gasteiger partial charge in [-0.25, -0.2) is 0 Å². The van der Waals surface area contributed by atoms with Crippen LogP contribution in [-0.4, -0.2) is 5.78 Å². The molecule has 6 heteroatoms. The van der Waals surface area contributed by atoms with Gasteiger partial charge in [0.2, 0.25) is 0 Å². The maximum atomic E-state index is 12.9. The molecule has 4 unspecified atom stereocenters. The quantitative estimate of drug-likeness (QED) is 0.542. The molecule has 0 N–H and O–H groups in total. The summed E-state index contributed by atoms with van der Waals surface area (Å²) < 4.78 is -0.148. The van der Waals surface area contributed by atoms with Gasteiger partial charge in [-0.05, 0) is 24.7 Å². The van der Waals surface area contributed by atoms with E-state index >= 15 is 0 Å². The molecule has 4 aliphatic rings. The van der Waals surface area contributed by atoms with Crippen molar-refractivity contribution in [2.75, 3.05) is 0 Å². The lowest BCUT2D eigenvalue weighted by Crippen LogP contribution is -2.44. The molecule has 22 heavy (non-hydrogen) atoms. The second-order valence-electron chi connectivity index (χ2n) is 5.83. The van der Waals surface area contributed by atoms with Crippen LogP contribution < -0.4 is 4.06 Å². The number of nitrogens with zero attached hydrogens (tertiary/aromatic N) is 2. The lowest BCUT2D eigenvalue weighted by atomic mass is 9.56. The second-order valence-corrected chi connectivity index (χ2v) is 8.06. The number of nitriles is 2. The number of hydrogen-bond donors (Lipinski definition) is 0. The Hall–Kier alpha value is -2.02. The number of carbonyl (C=O) groups excluding carboxylic acids is 1. The van der Waals surface area contributed by atoms with E-state index in [9.17, 15) is 20.1 Å². The van der Waals surface area contributed by atoms with Crippen LogP contribution in [0.3, 0.4) is 0 Å². The predicted molar refractivity (Wildman–Crippen MR) is 83.3 cm³/mol. The first-order valence-corrected chi connectivity index (χ1v) is 8.70. The molecule has 0 spiro atoms. The minimum atomic E-state index is -0.215. The van der Waals surface area contributed by atoms with Crippen molar-refractivity contribution in [1.29, 1.82) is 10.5 Å². The van der Waals surface area contributed by atoms with E-state index in [2.05, 4.69) is 12.2 Å². The zero-order valence-corrected chi connectivity index (χ0v) is 13.0. The van der Waals surface area contributed by atoms with Gasteiger partial charge >= 0.3 is 0 Å². The van der Waals surface area contributed by atoms with E-state index in [1.54, 1.807) is 0 Å². The van der Waals surface area contributed by atoms with Crippen LogP contribution in [0.4, 0.5) is 0 Å². The fourth-order valence-electron chi connectivity index (χ4n) is 4.09. The Morgan fingerprint density at radius 3 is 2.18 bits per heavy atom. The molecule has 1 fully saturated rings. The van der Waals surface area contributed by atoms with Crippen LogP contribution in [0.1, 0.15) is 27.4 Å². The van der Waals surface area contributed by atoms with Gasteiger partial charge in [0.05, 0.1) is 9.75 Å². The predicted octanol–water partition coefficient (Wildman–Crippen LogP) is 3.00. The van der Waals surface area contributed by atoms with Gasteiger partial charge in [-0.3, -0.25) is 9.59 Å². The smallest absolute Gasteiger partial charge is 0.288 e. The molecule has 4 aliphatic carbocycles. The molecule has 1 heterocycles. The lowest BCUT2D eigenvalue weighted by molar-refractivity contribution is 0.0739. The molecule has 5 rings (SSSR count). The average Bonchev–Trinajstić information content (AvgIpc) is 2.94. The number of ketones is 1. The standard InChI is InChI=1S/C16H10N2O2S2/c17-5-9(6-18)12-10-7-1-3-8(4-2-7)11(10)13(19)15-14(12)21-16(20)22-15/h1,3,7-8,10-11H,2,4H2. The van der Waals surface area contributed by atoms with Gasteiger partial charge in [0.25, 0.3) is 4.06 Å². The van der Waals surface area contributed by atoms with Gasteiger partial charge in [0.1, 0.15) is 17.7 Å². The zero-order chi connectivity index (χ0) is 15.4. The van der Waals surface area contributed by atoms with Crippen molar-refractivity contribution in [1.82, 2.24) is 0 Å². The molecule has 0 aliphatic heterocycles. The Morgan fingerprint density at radius 1 is 1.00 bits per heavy atom. The van der Waals surface area contributed by atoms with Crippen LogP contribution in [0.25, 0.3) is 5.57 Å². The van der Waals surface area contributed by atoms with Crippen molar-refractivity contribution >= 4 is 34.0 Å². The third kappa shape index (κ3) is 1.65. The summed E-state index contributed by atoms with van der Waals surface area (Å²) >= 11 is 1.96. The van der Waals surface area contributed by atoms with Crippen LogP contribution in [0.5, 0.6) is 0 Å². The van der Waals surface area contributed by atoms with Gasteiger partial charge < -0.3 is 0 Å². The van der Waals surface area contributed by atoms with E-state index in [1.165, 1.54) is 0 Å². The highest BCUT2D eigenvalue weighted by atomic mass is 32.2. The highest BCUT2D eigenvalue weighted by Crippen LogP contribution is 2.56. The fourth-order valence-corrected chi connectivity index (χ4v) is 6.32. The molecule has 0 amide bonds. The average molecular weight is 326 g/mol. The SMILES string of the molecule is N#CC(C#N)=C1c2sc(=O)sc2C(=O)C2C3C=CC(CC3)C12. The molecule has 2 bridgehead atoms. The minimum Gasteiger partial charge on any atom is -0.293 e. The third-order valence-corrected chi connectivity index (χ3v) is 7.12. The first-order chi connectivity index (χ1) is 10.7. The number of allylic oxidation sites excluding steroid dienone is 4. The van der Waals surface area contributed by atoms with E-state index in [4.69, 9.17) is 0 Å². The lowest BCUT2D eigenvalue weighted by Gasteiger charge is -2.47. The van der Waals surface area contributed by atoms with Crippen molar-refractivity contribution in [2.45, 2.75) is 12.8 Å². The van der Waals surface area contributed by atoms with Crippen LogP contribution >= 0.6 is 22.7 Å². The van der Waals surface area contributed by atoms with E-state index < -0.39 is 0 Å². The Kier molecular flexibility index (Phi) is 2.94. The molecule has 1 saturated carbocycles. The second kappa shape index (κ2) is 4.74. The Balaban J connectivity index is 2.06. The van der Waals surface area contributed by atoms with Gasteiger partial charge in [-0.1, -0.05) is 34.8 Å². The molecule has 1 aromatic heterocycles. The zero-order valence-electron chi connectivity index (χ0n) is 11.4. The number of rotatable bonds is 0.